The van der Waals surface area contributed by atoms with Crippen molar-refractivity contribution in [3.8, 4) is 0 Å². The largest absolute Gasteiger partial charge is 1.00 e. The Morgan fingerprint density at radius 2 is 0.833 bits per heavy atom. The van der Waals surface area contributed by atoms with E-state index in [1.165, 1.54) is 10.8 Å². The van der Waals surface area contributed by atoms with E-state index in [9.17, 15) is 0 Å². The molecule has 0 nitrogen and oxygen atoms in total. The van der Waals surface area contributed by atoms with Crippen molar-refractivity contribution < 1.29 is 53.5 Å². The van der Waals surface area contributed by atoms with Crippen molar-refractivity contribution in [1.82, 2.24) is 0 Å². The molecule has 0 saturated heterocycles. The van der Waals surface area contributed by atoms with Crippen LogP contribution in [0.1, 0.15) is 0 Å². The number of halogens is 1. The fourth-order valence-corrected chi connectivity index (χ4v) is 1.13. The number of benzene rings is 2. The second-order valence-corrected chi connectivity index (χ2v) is 2.35. The summed E-state index contributed by atoms with van der Waals surface area (Å²) in [5.74, 6) is 0. The van der Waals surface area contributed by atoms with Crippen LogP contribution < -0.4 is 53.5 Å². The van der Waals surface area contributed by atoms with Crippen LogP contribution in [-0.2, 0) is 0 Å². The van der Waals surface area contributed by atoms with Gasteiger partial charge < -0.3 is 24.0 Å². The van der Waals surface area contributed by atoms with Crippen molar-refractivity contribution in [2.45, 2.75) is 0 Å². The van der Waals surface area contributed by atoms with Gasteiger partial charge in [0.15, 0.2) is 0 Å². The van der Waals surface area contributed by atoms with Crippen molar-refractivity contribution in [2.24, 2.45) is 0 Å². The zero-order valence-corrected chi connectivity index (χ0v) is 11.2. The molecule has 0 atom stereocenters. The van der Waals surface area contributed by atoms with Gasteiger partial charge in [0.2, 0.25) is 0 Å². The minimum atomic E-state index is 0. The van der Waals surface area contributed by atoms with Crippen LogP contribution in [0.2, 0.25) is 0 Å². The van der Waals surface area contributed by atoms with E-state index in [1.807, 2.05) is 0 Å². The maximum Gasteiger partial charge on any atom is 1.00 e. The second-order valence-electron chi connectivity index (χ2n) is 2.35. The number of hydrogen-bond acceptors (Lipinski definition) is 0. The van der Waals surface area contributed by atoms with Gasteiger partial charge in [-0.15, -0.1) is 0 Å². The summed E-state index contributed by atoms with van der Waals surface area (Å²) in [4.78, 5) is 0. The van der Waals surface area contributed by atoms with Crippen molar-refractivity contribution >= 4 is 10.8 Å². The van der Waals surface area contributed by atoms with Gasteiger partial charge in [-0.25, -0.2) is 0 Å². The molecule has 0 bridgehead atoms. The van der Waals surface area contributed by atoms with Gasteiger partial charge in [0, 0.05) is 0 Å². The summed E-state index contributed by atoms with van der Waals surface area (Å²) in [7, 11) is 0. The minimum absolute atomic E-state index is 0. The Bertz CT molecular complexity index is 281. The van der Waals surface area contributed by atoms with Crippen LogP contribution in [0.15, 0.2) is 48.5 Å². The van der Waals surface area contributed by atoms with E-state index in [2.05, 4.69) is 48.5 Å². The molecule has 0 fully saturated rings. The summed E-state index contributed by atoms with van der Waals surface area (Å²) in [6.07, 6.45) is 0. The molecule has 0 amide bonds. The third-order valence-corrected chi connectivity index (χ3v) is 1.66. The monoisotopic (exact) mass is 278 g/mol. The standard InChI is InChI=1S/C10H8.HI.Na/c1-2-6-10-8-4-3-7-9(10)5-1;;/h1-8H;1H;/q;;+1/p-1. The smallest absolute Gasteiger partial charge is 1.00 e. The first-order valence-corrected chi connectivity index (χ1v) is 3.40. The van der Waals surface area contributed by atoms with Crippen molar-refractivity contribution in [2.75, 3.05) is 0 Å². The third-order valence-electron chi connectivity index (χ3n) is 1.66. The molecule has 0 aromatic heterocycles. The summed E-state index contributed by atoms with van der Waals surface area (Å²) in [5.41, 5.74) is 0. The molecule has 2 aromatic rings. The summed E-state index contributed by atoms with van der Waals surface area (Å²) in [6, 6.07) is 16.7. The van der Waals surface area contributed by atoms with Crippen molar-refractivity contribution in [1.29, 1.82) is 0 Å². The Hall–Kier alpha value is 0.430. The quantitative estimate of drug-likeness (QED) is 0.353. The number of fused-ring (bicyclic) bond motifs is 1. The van der Waals surface area contributed by atoms with Crippen LogP contribution >= 0.6 is 0 Å². The van der Waals surface area contributed by atoms with Crippen LogP contribution in [0.25, 0.3) is 10.8 Å². The van der Waals surface area contributed by atoms with Crippen LogP contribution in [-0.4, -0.2) is 0 Å². The fraction of sp³-hybridized carbons (Fsp3) is 0. The van der Waals surface area contributed by atoms with Gasteiger partial charge in [-0.1, -0.05) is 48.5 Å². The van der Waals surface area contributed by atoms with Gasteiger partial charge >= 0.3 is 29.6 Å². The van der Waals surface area contributed by atoms with E-state index < -0.39 is 0 Å². The van der Waals surface area contributed by atoms with Crippen LogP contribution in [0, 0.1) is 0 Å². The molecule has 0 heterocycles. The minimum Gasteiger partial charge on any atom is -1.00 e. The van der Waals surface area contributed by atoms with Gasteiger partial charge in [-0.05, 0) is 10.8 Å². The number of hydrogen-bond donors (Lipinski definition) is 0. The average Bonchev–Trinajstić information content (AvgIpc) is 2.05. The molecule has 2 heteroatoms. The van der Waals surface area contributed by atoms with E-state index >= 15 is 0 Å². The van der Waals surface area contributed by atoms with E-state index in [-0.39, 0.29) is 53.5 Å². The summed E-state index contributed by atoms with van der Waals surface area (Å²) in [6.45, 7) is 0. The zero-order chi connectivity index (χ0) is 6.81. The van der Waals surface area contributed by atoms with E-state index in [0.717, 1.165) is 0 Å². The summed E-state index contributed by atoms with van der Waals surface area (Å²) in [5, 5.41) is 2.62. The summed E-state index contributed by atoms with van der Waals surface area (Å²) < 4.78 is 0. The molecule has 0 aliphatic heterocycles. The average molecular weight is 278 g/mol. The van der Waals surface area contributed by atoms with Gasteiger partial charge in [0.05, 0.1) is 0 Å². The zero-order valence-electron chi connectivity index (χ0n) is 7.00. The molecule has 0 spiro atoms. The van der Waals surface area contributed by atoms with Crippen molar-refractivity contribution in [3.05, 3.63) is 48.5 Å². The molecule has 2 rings (SSSR count). The predicted octanol–water partition coefficient (Wildman–Crippen LogP) is -3.15. The topological polar surface area (TPSA) is 0 Å². The van der Waals surface area contributed by atoms with Gasteiger partial charge in [-0.3, -0.25) is 0 Å². The predicted molar refractivity (Wildman–Crippen MR) is 43.9 cm³/mol. The van der Waals surface area contributed by atoms with Gasteiger partial charge in [0.1, 0.15) is 0 Å². The molecule has 0 saturated carbocycles. The van der Waals surface area contributed by atoms with Crippen LogP contribution in [0.5, 0.6) is 0 Å². The molecular formula is C10H8INa. The second kappa shape index (κ2) is 5.97. The van der Waals surface area contributed by atoms with E-state index in [1.54, 1.807) is 0 Å². The van der Waals surface area contributed by atoms with Crippen LogP contribution in [0.4, 0.5) is 0 Å². The normalized spacial score (nSPS) is 8.33. The SMILES string of the molecule is [I-].[Na+].c1ccc2ccccc2c1. The van der Waals surface area contributed by atoms with E-state index in [4.69, 9.17) is 0 Å². The molecule has 2 aromatic carbocycles. The van der Waals surface area contributed by atoms with Gasteiger partial charge in [0.25, 0.3) is 0 Å². The molecule has 0 aliphatic rings. The molecule has 0 radical (unpaired) electrons. The first-order chi connectivity index (χ1) is 4.97. The molecule has 12 heavy (non-hydrogen) atoms. The van der Waals surface area contributed by atoms with Crippen molar-refractivity contribution in [3.63, 3.8) is 0 Å². The molecule has 56 valence electrons. The Morgan fingerprint density at radius 3 is 1.08 bits per heavy atom. The molecule has 0 aliphatic carbocycles. The fourth-order valence-electron chi connectivity index (χ4n) is 1.13. The Balaban J connectivity index is 0.000000605. The Labute approximate surface area is 112 Å². The number of rotatable bonds is 0. The third kappa shape index (κ3) is 2.73. The summed E-state index contributed by atoms with van der Waals surface area (Å²) >= 11 is 0. The van der Waals surface area contributed by atoms with E-state index in [0.29, 0.717) is 0 Å². The van der Waals surface area contributed by atoms with Crippen LogP contribution in [0.3, 0.4) is 0 Å². The van der Waals surface area contributed by atoms with Gasteiger partial charge in [-0.2, -0.15) is 0 Å². The first kappa shape index (κ1) is 12.4. The Morgan fingerprint density at radius 1 is 0.583 bits per heavy atom. The molecular weight excluding hydrogens is 270 g/mol. The maximum absolute atomic E-state index is 2.12. The first-order valence-electron chi connectivity index (χ1n) is 3.40. The molecule has 0 unspecified atom stereocenters. The molecule has 0 N–H and O–H groups in total. The maximum atomic E-state index is 2.12. The Kier molecular flexibility index (Phi) is 6.19.